The van der Waals surface area contributed by atoms with Crippen molar-refractivity contribution in [3.05, 3.63) is 41.5 Å². The van der Waals surface area contributed by atoms with Crippen LogP contribution in [-0.4, -0.2) is 25.2 Å². The van der Waals surface area contributed by atoms with E-state index in [0.29, 0.717) is 6.54 Å². The van der Waals surface area contributed by atoms with Crippen molar-refractivity contribution in [1.82, 2.24) is 10.6 Å². The Morgan fingerprint density at radius 2 is 2.17 bits per heavy atom. The van der Waals surface area contributed by atoms with E-state index < -0.39 is 11.6 Å². The Labute approximate surface area is 141 Å². The number of urea groups is 1. The Morgan fingerprint density at radius 1 is 1.33 bits per heavy atom. The maximum absolute atomic E-state index is 13.4. The summed E-state index contributed by atoms with van der Waals surface area (Å²) in [5.74, 6) is -1.44. The standard InChI is InChI=1S/C18H24F2N2O2/c1-13(12-24-17-8-7-15(19)11-16(17)20)22-18(23)21-10-9-14-5-3-2-4-6-14/h5,7-8,11,13H,2-4,6,9-10,12H2,1H3,(H2,21,22,23)/t13-/m1/s1. The van der Waals surface area contributed by atoms with Gasteiger partial charge in [0.15, 0.2) is 11.6 Å². The van der Waals surface area contributed by atoms with E-state index in [4.69, 9.17) is 4.74 Å². The van der Waals surface area contributed by atoms with Crippen LogP contribution in [0.1, 0.15) is 39.0 Å². The summed E-state index contributed by atoms with van der Waals surface area (Å²) in [5, 5.41) is 5.54. The van der Waals surface area contributed by atoms with Crippen molar-refractivity contribution in [3.63, 3.8) is 0 Å². The number of nitrogens with one attached hydrogen (secondary N) is 2. The van der Waals surface area contributed by atoms with Crippen LogP contribution in [0, 0.1) is 11.6 Å². The van der Waals surface area contributed by atoms with Crippen LogP contribution in [0.15, 0.2) is 29.8 Å². The molecule has 2 rings (SSSR count). The van der Waals surface area contributed by atoms with Crippen molar-refractivity contribution in [1.29, 1.82) is 0 Å². The molecule has 2 amide bonds. The van der Waals surface area contributed by atoms with Crippen LogP contribution in [-0.2, 0) is 0 Å². The highest BCUT2D eigenvalue weighted by Gasteiger charge is 2.11. The quantitative estimate of drug-likeness (QED) is 0.740. The summed E-state index contributed by atoms with van der Waals surface area (Å²) in [6.45, 7) is 2.45. The third-order valence-electron chi connectivity index (χ3n) is 3.88. The fourth-order valence-corrected chi connectivity index (χ4v) is 2.59. The van der Waals surface area contributed by atoms with Crippen molar-refractivity contribution in [3.8, 4) is 5.75 Å². The lowest BCUT2D eigenvalue weighted by Gasteiger charge is -2.17. The van der Waals surface area contributed by atoms with Gasteiger partial charge in [-0.1, -0.05) is 11.6 Å². The number of hydrogen-bond acceptors (Lipinski definition) is 2. The molecule has 0 saturated heterocycles. The normalized spacial score (nSPS) is 15.4. The molecule has 1 aliphatic rings. The van der Waals surface area contributed by atoms with Gasteiger partial charge in [-0.2, -0.15) is 0 Å². The predicted octanol–water partition coefficient (Wildman–Crippen LogP) is 3.92. The van der Waals surface area contributed by atoms with E-state index in [9.17, 15) is 13.6 Å². The number of amides is 2. The number of hydrogen-bond donors (Lipinski definition) is 2. The predicted molar refractivity (Wildman–Crippen MR) is 89.0 cm³/mol. The molecule has 1 aromatic carbocycles. The second-order valence-corrected chi connectivity index (χ2v) is 6.05. The lowest BCUT2D eigenvalue weighted by Crippen LogP contribution is -2.43. The minimum absolute atomic E-state index is 0.0327. The van der Waals surface area contributed by atoms with Gasteiger partial charge in [0, 0.05) is 12.6 Å². The highest BCUT2D eigenvalue weighted by atomic mass is 19.1. The average Bonchev–Trinajstić information content (AvgIpc) is 2.55. The molecule has 0 fully saturated rings. The summed E-state index contributed by atoms with van der Waals surface area (Å²) in [4.78, 5) is 11.8. The smallest absolute Gasteiger partial charge is 0.315 e. The molecule has 0 radical (unpaired) electrons. The van der Waals surface area contributed by atoms with Gasteiger partial charge in [-0.15, -0.1) is 0 Å². The highest BCUT2D eigenvalue weighted by Crippen LogP contribution is 2.19. The van der Waals surface area contributed by atoms with Crippen LogP contribution in [0.5, 0.6) is 5.75 Å². The van der Waals surface area contributed by atoms with E-state index >= 15 is 0 Å². The zero-order valence-corrected chi connectivity index (χ0v) is 13.9. The minimum Gasteiger partial charge on any atom is -0.488 e. The van der Waals surface area contributed by atoms with Gasteiger partial charge in [0.2, 0.25) is 0 Å². The Kier molecular flexibility index (Phi) is 7.03. The Hall–Kier alpha value is -2.11. The number of carbonyl (C=O) groups is 1. The van der Waals surface area contributed by atoms with Crippen LogP contribution in [0.25, 0.3) is 0 Å². The van der Waals surface area contributed by atoms with E-state index in [1.54, 1.807) is 6.92 Å². The van der Waals surface area contributed by atoms with Crippen LogP contribution < -0.4 is 15.4 Å². The SMILES string of the molecule is C[C@H](COc1ccc(F)cc1F)NC(=O)NCCC1=CCCCC1. The van der Waals surface area contributed by atoms with Crippen molar-refractivity contribution in [2.75, 3.05) is 13.2 Å². The third-order valence-corrected chi connectivity index (χ3v) is 3.88. The molecule has 0 unspecified atom stereocenters. The molecule has 0 bridgehead atoms. The number of allylic oxidation sites excluding steroid dienone is 1. The molecule has 1 aromatic rings. The first-order valence-corrected chi connectivity index (χ1v) is 8.34. The van der Waals surface area contributed by atoms with E-state index in [0.717, 1.165) is 31.4 Å². The van der Waals surface area contributed by atoms with Gasteiger partial charge in [0.1, 0.15) is 12.4 Å². The number of carbonyl (C=O) groups excluding carboxylic acids is 1. The molecule has 0 aromatic heterocycles. The van der Waals surface area contributed by atoms with E-state index in [-0.39, 0.29) is 24.4 Å². The van der Waals surface area contributed by atoms with E-state index in [1.807, 2.05) is 0 Å². The van der Waals surface area contributed by atoms with Crippen molar-refractivity contribution in [2.45, 2.75) is 45.1 Å². The maximum atomic E-state index is 13.4. The van der Waals surface area contributed by atoms with E-state index in [1.165, 1.54) is 24.5 Å². The van der Waals surface area contributed by atoms with Crippen molar-refractivity contribution >= 4 is 6.03 Å². The number of rotatable bonds is 7. The van der Waals surface area contributed by atoms with Gasteiger partial charge >= 0.3 is 6.03 Å². The number of halogens is 2. The second kappa shape index (κ2) is 9.25. The van der Waals surface area contributed by atoms with Crippen molar-refractivity contribution in [2.24, 2.45) is 0 Å². The molecule has 0 spiro atoms. The highest BCUT2D eigenvalue weighted by molar-refractivity contribution is 5.74. The molecular weight excluding hydrogens is 314 g/mol. The molecular formula is C18H24F2N2O2. The summed E-state index contributed by atoms with van der Waals surface area (Å²) in [7, 11) is 0. The first kappa shape index (κ1) is 18.2. The zero-order chi connectivity index (χ0) is 17.4. The fraction of sp³-hybridized carbons (Fsp3) is 0.500. The summed E-state index contributed by atoms with van der Waals surface area (Å²) in [5.41, 5.74) is 1.41. The molecule has 1 aliphatic carbocycles. The summed E-state index contributed by atoms with van der Waals surface area (Å²) in [6.07, 6.45) is 7.87. The topological polar surface area (TPSA) is 50.4 Å². The fourth-order valence-electron chi connectivity index (χ4n) is 2.59. The molecule has 6 heteroatoms. The van der Waals surface area contributed by atoms with Gasteiger partial charge in [0.05, 0.1) is 6.04 Å². The monoisotopic (exact) mass is 338 g/mol. The summed E-state index contributed by atoms with van der Waals surface area (Å²) >= 11 is 0. The van der Waals surface area contributed by atoms with Gasteiger partial charge in [-0.05, 0) is 51.2 Å². The second-order valence-electron chi connectivity index (χ2n) is 6.05. The molecule has 4 nitrogen and oxygen atoms in total. The molecule has 2 N–H and O–H groups in total. The molecule has 1 atom stereocenters. The molecule has 132 valence electrons. The molecule has 0 aliphatic heterocycles. The Bertz CT molecular complexity index is 590. The summed E-state index contributed by atoms with van der Waals surface area (Å²) < 4.78 is 31.5. The van der Waals surface area contributed by atoms with Crippen LogP contribution in [0.3, 0.4) is 0 Å². The van der Waals surface area contributed by atoms with Crippen LogP contribution in [0.4, 0.5) is 13.6 Å². The van der Waals surface area contributed by atoms with Gasteiger partial charge in [-0.3, -0.25) is 0 Å². The first-order valence-electron chi connectivity index (χ1n) is 8.34. The minimum atomic E-state index is -0.757. The lowest BCUT2D eigenvalue weighted by molar-refractivity contribution is 0.224. The Balaban J connectivity index is 1.64. The largest absolute Gasteiger partial charge is 0.488 e. The Morgan fingerprint density at radius 3 is 2.88 bits per heavy atom. The van der Waals surface area contributed by atoms with Gasteiger partial charge < -0.3 is 15.4 Å². The molecule has 0 saturated carbocycles. The van der Waals surface area contributed by atoms with E-state index in [2.05, 4.69) is 16.7 Å². The van der Waals surface area contributed by atoms with Gasteiger partial charge in [0.25, 0.3) is 0 Å². The number of benzene rings is 1. The zero-order valence-electron chi connectivity index (χ0n) is 13.9. The lowest BCUT2D eigenvalue weighted by atomic mass is 9.97. The first-order chi connectivity index (χ1) is 11.5. The number of ether oxygens (including phenoxy) is 1. The van der Waals surface area contributed by atoms with Crippen molar-refractivity contribution < 1.29 is 18.3 Å². The molecule has 24 heavy (non-hydrogen) atoms. The maximum Gasteiger partial charge on any atom is 0.315 e. The van der Waals surface area contributed by atoms with Gasteiger partial charge in [-0.25, -0.2) is 13.6 Å². The van der Waals surface area contributed by atoms with Crippen LogP contribution >= 0.6 is 0 Å². The molecule has 0 heterocycles. The third kappa shape index (κ3) is 6.18. The van der Waals surface area contributed by atoms with Crippen LogP contribution in [0.2, 0.25) is 0 Å². The average molecular weight is 338 g/mol. The summed E-state index contributed by atoms with van der Waals surface area (Å²) in [6, 6.07) is 2.55.